The van der Waals surface area contributed by atoms with Gasteiger partial charge >= 0.3 is 0 Å². The number of hydrogen-bond donors (Lipinski definition) is 1. The third kappa shape index (κ3) is 7.46. The smallest absolute Gasteiger partial charge is 0.277 e. The summed E-state index contributed by atoms with van der Waals surface area (Å²) in [6.45, 7) is 6.06. The lowest BCUT2D eigenvalue weighted by Gasteiger charge is -2.30. The van der Waals surface area contributed by atoms with Crippen LogP contribution in [0.15, 0.2) is 67.0 Å². The number of benzene rings is 3. The summed E-state index contributed by atoms with van der Waals surface area (Å²) in [5.41, 5.74) is 0.780. The highest BCUT2D eigenvalue weighted by Gasteiger charge is 2.18. The van der Waals surface area contributed by atoms with Crippen LogP contribution in [0.1, 0.15) is 36.7 Å². The molecule has 0 aliphatic carbocycles. The Hall–Kier alpha value is -5.17. The molecule has 3 aromatic carbocycles. The van der Waals surface area contributed by atoms with Gasteiger partial charge in [-0.15, -0.1) is 5.10 Å². The first-order chi connectivity index (χ1) is 22.8. The number of carbonyl (C=O) groups excluding carboxylic acids is 1. The molecular formula is C34H33F3N6O4. The largest absolute Gasteiger partial charge is 0.493 e. The number of piperidine rings is 1. The van der Waals surface area contributed by atoms with Gasteiger partial charge in [0.15, 0.2) is 40.4 Å². The molecule has 0 radical (unpaired) electrons. The number of anilines is 1. The molecule has 13 heteroatoms. The van der Waals surface area contributed by atoms with E-state index in [2.05, 4.69) is 32.4 Å². The standard InChI is InChI=1S/C34H33F3N6O4/c1-21-9-13-42(14-10-21)12-3-15-46-33-19-28-24(18-32(33)45-2)30(8-11-38-28)47-31-7-4-22(16-27(31)37)39-34(44)29-20-43(41-40-29)23-5-6-25(35)26(36)17-23/h4-8,11,16-21H,3,9-10,12-15H2,1-2H3,(H,39,44). The van der Waals surface area contributed by atoms with Crippen LogP contribution in [0.3, 0.4) is 0 Å². The van der Waals surface area contributed by atoms with E-state index in [1.165, 1.54) is 37.2 Å². The van der Waals surface area contributed by atoms with Gasteiger partial charge in [0.25, 0.3) is 5.91 Å². The molecule has 2 aromatic heterocycles. The molecule has 1 aliphatic rings. The lowest BCUT2D eigenvalue weighted by molar-refractivity contribution is 0.102. The van der Waals surface area contributed by atoms with E-state index in [4.69, 9.17) is 14.2 Å². The van der Waals surface area contributed by atoms with E-state index in [1.54, 1.807) is 31.5 Å². The molecule has 5 aromatic rings. The fourth-order valence-corrected chi connectivity index (χ4v) is 5.34. The molecule has 0 saturated carbocycles. The maximum absolute atomic E-state index is 15.2. The molecule has 0 spiro atoms. The number of amides is 1. The molecule has 1 fully saturated rings. The number of likely N-dealkylation sites (tertiary alicyclic amines) is 1. The number of carbonyl (C=O) groups is 1. The van der Waals surface area contributed by atoms with Crippen molar-refractivity contribution in [3.8, 4) is 28.7 Å². The van der Waals surface area contributed by atoms with Crippen molar-refractivity contribution in [3.63, 3.8) is 0 Å². The molecule has 1 saturated heterocycles. The number of ether oxygens (including phenoxy) is 3. The minimum atomic E-state index is -1.07. The first kappa shape index (κ1) is 31.8. The first-order valence-electron chi connectivity index (χ1n) is 15.3. The molecule has 0 unspecified atom stereocenters. The zero-order valence-electron chi connectivity index (χ0n) is 25.9. The predicted molar refractivity (Wildman–Crippen MR) is 169 cm³/mol. The Labute approximate surface area is 269 Å². The van der Waals surface area contributed by atoms with Crippen molar-refractivity contribution in [1.29, 1.82) is 0 Å². The minimum Gasteiger partial charge on any atom is -0.493 e. The molecule has 6 rings (SSSR count). The minimum absolute atomic E-state index is 0.0776. The summed E-state index contributed by atoms with van der Waals surface area (Å²) in [6.07, 6.45) is 6.16. The second kappa shape index (κ2) is 14.1. The molecule has 1 N–H and O–H groups in total. The predicted octanol–water partition coefficient (Wildman–Crippen LogP) is 6.79. The Morgan fingerprint density at radius 2 is 1.77 bits per heavy atom. The van der Waals surface area contributed by atoms with Crippen LogP contribution in [0, 0.1) is 23.4 Å². The summed E-state index contributed by atoms with van der Waals surface area (Å²) in [6, 6.07) is 12.3. The molecule has 47 heavy (non-hydrogen) atoms. The summed E-state index contributed by atoms with van der Waals surface area (Å²) >= 11 is 0. The fourth-order valence-electron chi connectivity index (χ4n) is 5.34. The highest BCUT2D eigenvalue weighted by atomic mass is 19.2. The molecule has 10 nitrogen and oxygen atoms in total. The Kier molecular flexibility index (Phi) is 9.52. The number of nitrogens with one attached hydrogen (secondary N) is 1. The number of rotatable bonds is 11. The Morgan fingerprint density at radius 1 is 0.936 bits per heavy atom. The average Bonchev–Trinajstić information content (AvgIpc) is 3.57. The normalized spacial score (nSPS) is 13.9. The van der Waals surface area contributed by atoms with Crippen molar-refractivity contribution in [2.24, 2.45) is 5.92 Å². The monoisotopic (exact) mass is 646 g/mol. The summed E-state index contributed by atoms with van der Waals surface area (Å²) in [4.78, 5) is 19.6. The zero-order chi connectivity index (χ0) is 32.9. The highest BCUT2D eigenvalue weighted by molar-refractivity contribution is 6.02. The highest BCUT2D eigenvalue weighted by Crippen LogP contribution is 2.38. The lowest BCUT2D eigenvalue weighted by Crippen LogP contribution is -2.34. The van der Waals surface area contributed by atoms with Crippen LogP contribution < -0.4 is 19.5 Å². The molecular weight excluding hydrogens is 613 g/mol. The topological polar surface area (TPSA) is 104 Å². The van der Waals surface area contributed by atoms with E-state index in [0.717, 1.165) is 54.9 Å². The van der Waals surface area contributed by atoms with E-state index >= 15 is 4.39 Å². The lowest BCUT2D eigenvalue weighted by atomic mass is 9.99. The maximum atomic E-state index is 15.2. The molecule has 1 amide bonds. The van der Waals surface area contributed by atoms with Gasteiger partial charge in [-0.1, -0.05) is 12.1 Å². The van der Waals surface area contributed by atoms with Crippen LogP contribution in [0.4, 0.5) is 18.9 Å². The summed E-state index contributed by atoms with van der Waals surface area (Å²) in [5.74, 6) is -1.36. The van der Waals surface area contributed by atoms with E-state index < -0.39 is 23.4 Å². The van der Waals surface area contributed by atoms with Crippen LogP contribution in [-0.4, -0.2) is 64.1 Å². The number of hydrogen-bond acceptors (Lipinski definition) is 8. The van der Waals surface area contributed by atoms with Gasteiger partial charge in [-0.3, -0.25) is 9.78 Å². The Balaban J connectivity index is 1.10. The van der Waals surface area contributed by atoms with Crippen molar-refractivity contribution in [2.75, 3.05) is 38.7 Å². The number of halogens is 3. The van der Waals surface area contributed by atoms with Gasteiger partial charge in [-0.2, -0.15) is 0 Å². The van der Waals surface area contributed by atoms with E-state index in [1.807, 2.05) is 0 Å². The van der Waals surface area contributed by atoms with Crippen LogP contribution in [0.5, 0.6) is 23.0 Å². The fraction of sp³-hybridized carbons (Fsp3) is 0.294. The number of pyridine rings is 1. The van der Waals surface area contributed by atoms with Crippen molar-refractivity contribution >= 4 is 22.5 Å². The van der Waals surface area contributed by atoms with Gasteiger partial charge in [-0.05, 0) is 74.7 Å². The van der Waals surface area contributed by atoms with Crippen LogP contribution in [0.25, 0.3) is 16.6 Å². The zero-order valence-corrected chi connectivity index (χ0v) is 25.9. The number of nitrogens with zero attached hydrogens (tertiary/aromatic N) is 5. The molecule has 0 atom stereocenters. The van der Waals surface area contributed by atoms with Gasteiger partial charge in [0.2, 0.25) is 0 Å². The van der Waals surface area contributed by atoms with Gasteiger partial charge in [-0.25, -0.2) is 17.9 Å². The molecule has 1 aliphatic heterocycles. The van der Waals surface area contributed by atoms with E-state index in [0.29, 0.717) is 34.8 Å². The molecule has 244 valence electrons. The average molecular weight is 647 g/mol. The SMILES string of the molecule is COc1cc2c(Oc3ccc(NC(=O)c4cn(-c5ccc(F)c(F)c5)nn4)cc3F)ccnc2cc1OCCCN1CCC(C)CC1. The van der Waals surface area contributed by atoms with Gasteiger partial charge in [0, 0.05) is 42.0 Å². The van der Waals surface area contributed by atoms with Crippen molar-refractivity contribution in [3.05, 3.63) is 90.1 Å². The summed E-state index contributed by atoms with van der Waals surface area (Å²) in [7, 11) is 1.55. The van der Waals surface area contributed by atoms with Gasteiger partial charge < -0.3 is 24.4 Å². The summed E-state index contributed by atoms with van der Waals surface area (Å²) in [5, 5.41) is 10.7. The summed E-state index contributed by atoms with van der Waals surface area (Å²) < 4.78 is 60.7. The number of fused-ring (bicyclic) bond motifs is 1. The molecule has 3 heterocycles. The van der Waals surface area contributed by atoms with Crippen molar-refractivity contribution in [1.82, 2.24) is 24.9 Å². The first-order valence-corrected chi connectivity index (χ1v) is 15.3. The third-order valence-corrected chi connectivity index (χ3v) is 8.04. The number of aromatic nitrogens is 4. The van der Waals surface area contributed by atoms with Crippen molar-refractivity contribution in [2.45, 2.75) is 26.2 Å². The van der Waals surface area contributed by atoms with E-state index in [9.17, 15) is 13.6 Å². The third-order valence-electron chi connectivity index (χ3n) is 8.04. The van der Waals surface area contributed by atoms with Gasteiger partial charge in [0.05, 0.1) is 31.1 Å². The Morgan fingerprint density at radius 3 is 2.53 bits per heavy atom. The van der Waals surface area contributed by atoms with Crippen LogP contribution in [-0.2, 0) is 0 Å². The quantitative estimate of drug-likeness (QED) is 0.157. The maximum Gasteiger partial charge on any atom is 0.277 e. The second-order valence-electron chi connectivity index (χ2n) is 11.4. The van der Waals surface area contributed by atoms with Gasteiger partial charge in [0.1, 0.15) is 5.75 Å². The molecule has 0 bridgehead atoms. The Bertz CT molecular complexity index is 1890. The van der Waals surface area contributed by atoms with Crippen molar-refractivity contribution < 1.29 is 32.2 Å². The van der Waals surface area contributed by atoms with Crippen LogP contribution in [0.2, 0.25) is 0 Å². The number of methoxy groups -OCH3 is 1. The second-order valence-corrected chi connectivity index (χ2v) is 11.4. The van der Waals surface area contributed by atoms with Crippen LogP contribution >= 0.6 is 0 Å². The van der Waals surface area contributed by atoms with E-state index in [-0.39, 0.29) is 22.8 Å².